The van der Waals surface area contributed by atoms with Gasteiger partial charge in [-0.05, 0) is 57.4 Å². The zero-order valence-corrected chi connectivity index (χ0v) is 13.5. The SMILES string of the molecule is CCCNC(COC)(c1nc2c(s1)CCCC2)C1CC1. The summed E-state index contributed by atoms with van der Waals surface area (Å²) in [6, 6.07) is 0. The predicted octanol–water partition coefficient (Wildman–Crippen LogP) is 3.27. The van der Waals surface area contributed by atoms with Gasteiger partial charge in [0.25, 0.3) is 0 Å². The van der Waals surface area contributed by atoms with Crippen LogP contribution in [0.5, 0.6) is 0 Å². The maximum Gasteiger partial charge on any atom is 0.116 e. The topological polar surface area (TPSA) is 34.1 Å². The molecule has 1 aromatic rings. The average Bonchev–Trinajstić information content (AvgIpc) is 3.22. The van der Waals surface area contributed by atoms with Crippen LogP contribution in [0, 0.1) is 5.92 Å². The van der Waals surface area contributed by atoms with Crippen LogP contribution in [0.1, 0.15) is 54.6 Å². The second kappa shape index (κ2) is 6.12. The van der Waals surface area contributed by atoms with Crippen molar-refractivity contribution in [2.24, 2.45) is 5.92 Å². The molecule has 20 heavy (non-hydrogen) atoms. The number of methoxy groups -OCH3 is 1. The molecular formula is C16H26N2OS. The highest BCUT2D eigenvalue weighted by Crippen LogP contribution is 2.48. The van der Waals surface area contributed by atoms with Crippen LogP contribution in [0.3, 0.4) is 0 Å². The lowest BCUT2D eigenvalue weighted by Crippen LogP contribution is -2.48. The Morgan fingerprint density at radius 3 is 2.80 bits per heavy atom. The lowest BCUT2D eigenvalue weighted by Gasteiger charge is -2.32. The highest BCUT2D eigenvalue weighted by atomic mass is 32.1. The number of ether oxygens (including phenoxy) is 1. The third kappa shape index (κ3) is 2.66. The molecular weight excluding hydrogens is 268 g/mol. The number of hydrogen-bond acceptors (Lipinski definition) is 4. The summed E-state index contributed by atoms with van der Waals surface area (Å²) in [5, 5.41) is 5.09. The first-order valence-corrected chi connectivity index (χ1v) is 8.85. The van der Waals surface area contributed by atoms with Gasteiger partial charge in [-0.15, -0.1) is 11.3 Å². The molecule has 0 bridgehead atoms. The second-order valence-corrected chi connectivity index (χ2v) is 7.29. The van der Waals surface area contributed by atoms with Gasteiger partial charge in [0.05, 0.1) is 17.8 Å². The Morgan fingerprint density at radius 2 is 2.15 bits per heavy atom. The maximum atomic E-state index is 5.60. The van der Waals surface area contributed by atoms with Gasteiger partial charge in [0.2, 0.25) is 0 Å². The van der Waals surface area contributed by atoms with Gasteiger partial charge in [-0.3, -0.25) is 0 Å². The minimum Gasteiger partial charge on any atom is -0.382 e. The van der Waals surface area contributed by atoms with E-state index < -0.39 is 0 Å². The third-order valence-corrected chi connectivity index (χ3v) is 5.90. The van der Waals surface area contributed by atoms with Gasteiger partial charge in [0.1, 0.15) is 5.01 Å². The van der Waals surface area contributed by atoms with Crippen molar-refractivity contribution >= 4 is 11.3 Å². The van der Waals surface area contributed by atoms with Crippen LogP contribution in [0.4, 0.5) is 0 Å². The summed E-state index contributed by atoms with van der Waals surface area (Å²) < 4.78 is 5.60. The summed E-state index contributed by atoms with van der Waals surface area (Å²) >= 11 is 1.95. The molecule has 0 amide bonds. The molecule has 1 atom stereocenters. The Bertz CT molecular complexity index is 432. The molecule has 112 valence electrons. The highest BCUT2D eigenvalue weighted by molar-refractivity contribution is 7.11. The first-order chi connectivity index (χ1) is 9.80. The van der Waals surface area contributed by atoms with Crippen molar-refractivity contribution in [1.82, 2.24) is 10.3 Å². The summed E-state index contributed by atoms with van der Waals surface area (Å²) in [7, 11) is 1.82. The molecule has 0 radical (unpaired) electrons. The normalized spacial score (nSPS) is 21.5. The van der Waals surface area contributed by atoms with Gasteiger partial charge < -0.3 is 10.1 Å². The third-order valence-electron chi connectivity index (χ3n) is 4.56. The Labute approximate surface area is 126 Å². The fraction of sp³-hybridized carbons (Fsp3) is 0.812. The van der Waals surface area contributed by atoms with Gasteiger partial charge in [-0.1, -0.05) is 6.92 Å². The molecule has 0 spiro atoms. The summed E-state index contributed by atoms with van der Waals surface area (Å²) in [4.78, 5) is 6.57. The van der Waals surface area contributed by atoms with Gasteiger partial charge in [0, 0.05) is 12.0 Å². The molecule has 1 heterocycles. The average molecular weight is 294 g/mol. The molecule has 3 nitrogen and oxygen atoms in total. The number of hydrogen-bond donors (Lipinski definition) is 1. The Hall–Kier alpha value is -0.450. The monoisotopic (exact) mass is 294 g/mol. The minimum absolute atomic E-state index is 0.0211. The van der Waals surface area contributed by atoms with E-state index in [1.165, 1.54) is 54.1 Å². The standard InChI is InChI=1S/C16H26N2OS/c1-3-10-17-16(11-19-2,12-8-9-12)15-18-13-6-4-5-7-14(13)20-15/h12,17H,3-11H2,1-2H3. The minimum atomic E-state index is -0.0211. The second-order valence-electron chi connectivity index (χ2n) is 6.20. The summed E-state index contributed by atoms with van der Waals surface area (Å²) in [5.74, 6) is 0.710. The number of aryl methyl sites for hydroxylation is 2. The van der Waals surface area contributed by atoms with Crippen molar-refractivity contribution < 1.29 is 4.74 Å². The first-order valence-electron chi connectivity index (χ1n) is 8.03. The van der Waals surface area contributed by atoms with E-state index in [2.05, 4.69) is 12.2 Å². The van der Waals surface area contributed by atoms with Crippen LogP contribution in [0.25, 0.3) is 0 Å². The molecule has 2 aliphatic rings. The van der Waals surface area contributed by atoms with E-state index in [0.29, 0.717) is 5.92 Å². The van der Waals surface area contributed by atoms with Crippen molar-refractivity contribution in [2.75, 3.05) is 20.3 Å². The van der Waals surface area contributed by atoms with Gasteiger partial charge in [-0.25, -0.2) is 4.98 Å². The van der Waals surface area contributed by atoms with Gasteiger partial charge in [0.15, 0.2) is 0 Å². The Balaban J connectivity index is 1.92. The number of aromatic nitrogens is 1. The fourth-order valence-corrected chi connectivity index (χ4v) is 4.70. The van der Waals surface area contributed by atoms with Crippen LogP contribution in [0.2, 0.25) is 0 Å². The number of thiazole rings is 1. The Kier molecular flexibility index (Phi) is 4.43. The number of fused-ring (bicyclic) bond motifs is 1. The van der Waals surface area contributed by atoms with Crippen LogP contribution in [-0.4, -0.2) is 25.2 Å². The molecule has 1 saturated carbocycles. The molecule has 0 saturated heterocycles. The molecule has 3 rings (SSSR count). The highest BCUT2D eigenvalue weighted by Gasteiger charge is 2.48. The van der Waals surface area contributed by atoms with E-state index in [1.807, 2.05) is 18.4 Å². The van der Waals surface area contributed by atoms with E-state index in [1.54, 1.807) is 0 Å². The fourth-order valence-electron chi connectivity index (χ4n) is 3.32. The lowest BCUT2D eigenvalue weighted by atomic mass is 9.94. The van der Waals surface area contributed by atoms with E-state index in [-0.39, 0.29) is 5.54 Å². The van der Waals surface area contributed by atoms with E-state index in [4.69, 9.17) is 9.72 Å². The van der Waals surface area contributed by atoms with Crippen molar-refractivity contribution in [1.29, 1.82) is 0 Å². The largest absolute Gasteiger partial charge is 0.382 e. The molecule has 0 aromatic carbocycles. The molecule has 4 heteroatoms. The zero-order chi connectivity index (χ0) is 14.0. The first kappa shape index (κ1) is 14.5. The van der Waals surface area contributed by atoms with Crippen molar-refractivity contribution in [2.45, 2.75) is 57.4 Å². The number of rotatable bonds is 7. The summed E-state index contributed by atoms with van der Waals surface area (Å²) in [6.45, 7) is 4.03. The van der Waals surface area contributed by atoms with Gasteiger partial charge >= 0.3 is 0 Å². The number of nitrogens with one attached hydrogen (secondary N) is 1. The van der Waals surface area contributed by atoms with E-state index in [0.717, 1.165) is 19.6 Å². The smallest absolute Gasteiger partial charge is 0.116 e. The van der Waals surface area contributed by atoms with E-state index >= 15 is 0 Å². The van der Waals surface area contributed by atoms with Gasteiger partial charge in [-0.2, -0.15) is 0 Å². The lowest BCUT2D eigenvalue weighted by molar-refractivity contribution is 0.0925. The molecule has 1 fully saturated rings. The van der Waals surface area contributed by atoms with Crippen LogP contribution < -0.4 is 5.32 Å². The van der Waals surface area contributed by atoms with E-state index in [9.17, 15) is 0 Å². The molecule has 1 unspecified atom stereocenters. The summed E-state index contributed by atoms with van der Waals surface area (Å²) in [5.41, 5.74) is 1.35. The molecule has 0 aliphatic heterocycles. The van der Waals surface area contributed by atoms with Crippen molar-refractivity contribution in [3.63, 3.8) is 0 Å². The quantitative estimate of drug-likeness (QED) is 0.838. The Morgan fingerprint density at radius 1 is 1.35 bits per heavy atom. The van der Waals surface area contributed by atoms with Crippen LogP contribution in [-0.2, 0) is 23.1 Å². The van der Waals surface area contributed by atoms with Crippen molar-refractivity contribution in [3.8, 4) is 0 Å². The van der Waals surface area contributed by atoms with Crippen LogP contribution >= 0.6 is 11.3 Å². The van der Waals surface area contributed by atoms with Crippen molar-refractivity contribution in [3.05, 3.63) is 15.6 Å². The molecule has 1 aromatic heterocycles. The number of nitrogens with zero attached hydrogens (tertiary/aromatic N) is 1. The van der Waals surface area contributed by atoms with Crippen LogP contribution in [0.15, 0.2) is 0 Å². The molecule has 1 N–H and O–H groups in total. The maximum absolute atomic E-state index is 5.60. The predicted molar refractivity (Wildman–Crippen MR) is 83.3 cm³/mol. The molecule has 2 aliphatic carbocycles. The zero-order valence-electron chi connectivity index (χ0n) is 12.7. The summed E-state index contributed by atoms with van der Waals surface area (Å²) in [6.07, 6.45) is 8.82.